The van der Waals surface area contributed by atoms with Crippen molar-refractivity contribution in [2.45, 2.75) is 19.4 Å². The van der Waals surface area contributed by atoms with E-state index in [0.717, 1.165) is 33.8 Å². The first kappa shape index (κ1) is 23.2. The molecule has 9 heteroatoms. The molecule has 0 aliphatic carbocycles. The zero-order valence-corrected chi connectivity index (χ0v) is 21.0. The predicted octanol–water partition coefficient (Wildman–Crippen LogP) is 3.10. The van der Waals surface area contributed by atoms with Crippen molar-refractivity contribution in [2.75, 3.05) is 5.73 Å². The number of rotatable bonds is 4. The number of anilines is 1. The van der Waals surface area contributed by atoms with Gasteiger partial charge in [0.25, 0.3) is 5.91 Å². The molecule has 4 heterocycles. The number of aryl methyl sites for hydroxylation is 1. The number of nitrogens with two attached hydrogens (primary N) is 1. The molecule has 0 unspecified atom stereocenters. The molecule has 5 aromatic rings. The average molecular weight is 502 g/mol. The van der Waals surface area contributed by atoms with Gasteiger partial charge in [0.05, 0.1) is 23.7 Å². The van der Waals surface area contributed by atoms with Gasteiger partial charge in [-0.15, -0.1) is 0 Å². The number of nitrogens with zero attached hydrogens (tertiary/aromatic N) is 6. The summed E-state index contributed by atoms with van der Waals surface area (Å²) in [6.07, 6.45) is 9.20. The fourth-order valence-corrected chi connectivity index (χ4v) is 4.83. The van der Waals surface area contributed by atoms with Gasteiger partial charge in [0.2, 0.25) is 11.4 Å². The van der Waals surface area contributed by atoms with Crippen molar-refractivity contribution in [3.63, 3.8) is 0 Å². The van der Waals surface area contributed by atoms with E-state index in [1.807, 2.05) is 50.5 Å². The third kappa shape index (κ3) is 4.08. The molecular weight excluding hydrogens is 476 g/mol. The summed E-state index contributed by atoms with van der Waals surface area (Å²) in [6, 6.07) is 15.9. The summed E-state index contributed by atoms with van der Waals surface area (Å²) in [4.78, 5) is 21.9. The Bertz CT molecular complexity index is 1790. The number of imidazole rings is 1. The highest BCUT2D eigenvalue weighted by Crippen LogP contribution is 2.34. The molecule has 1 atom stereocenters. The van der Waals surface area contributed by atoms with Crippen molar-refractivity contribution < 1.29 is 4.79 Å². The molecule has 2 aromatic carbocycles. The molecule has 0 fully saturated rings. The number of amides is 1. The fraction of sp³-hybridized carbons (Fsp3) is 0.138. The molecule has 0 radical (unpaired) electrons. The van der Waals surface area contributed by atoms with Gasteiger partial charge in [-0.1, -0.05) is 42.2 Å². The summed E-state index contributed by atoms with van der Waals surface area (Å²) < 4.78 is 5.61. The Kier molecular flexibility index (Phi) is 5.69. The normalized spacial score (nSPS) is 13.2. The molecule has 1 aliphatic heterocycles. The van der Waals surface area contributed by atoms with Crippen LogP contribution in [-0.2, 0) is 13.5 Å². The predicted molar refractivity (Wildman–Crippen MR) is 147 cm³/mol. The van der Waals surface area contributed by atoms with Gasteiger partial charge < -0.3 is 11.1 Å². The molecule has 38 heavy (non-hydrogen) atoms. The molecule has 1 aliphatic rings. The quantitative estimate of drug-likeness (QED) is 0.291. The largest absolute Gasteiger partial charge is 0.383 e. The number of para-hydroxylation sites is 2. The van der Waals surface area contributed by atoms with Crippen molar-refractivity contribution in [2.24, 2.45) is 7.05 Å². The Morgan fingerprint density at radius 3 is 2.76 bits per heavy atom. The lowest BCUT2D eigenvalue weighted by Gasteiger charge is -2.14. The van der Waals surface area contributed by atoms with E-state index in [-0.39, 0.29) is 23.3 Å². The Morgan fingerprint density at radius 1 is 1.13 bits per heavy atom. The van der Waals surface area contributed by atoms with E-state index in [9.17, 15) is 4.79 Å². The second kappa shape index (κ2) is 9.33. The third-order valence-electron chi connectivity index (χ3n) is 6.61. The molecule has 0 bridgehead atoms. The number of hydrogen-bond donors (Lipinski definition) is 2. The highest BCUT2D eigenvalue weighted by molar-refractivity contribution is 6.08. The lowest BCUT2D eigenvalue weighted by molar-refractivity contribution is 0.0950. The first-order valence-electron chi connectivity index (χ1n) is 12.2. The molecule has 6 rings (SSSR count). The Balaban J connectivity index is 1.42. The number of nitrogens with one attached hydrogen (secondary N) is 1. The van der Waals surface area contributed by atoms with E-state index < -0.39 is 0 Å². The van der Waals surface area contributed by atoms with Crippen LogP contribution < -0.4 is 15.6 Å². The number of fused-ring (bicyclic) bond motifs is 2. The van der Waals surface area contributed by atoms with Crippen LogP contribution in [0.15, 0.2) is 79.6 Å². The van der Waals surface area contributed by atoms with E-state index in [1.165, 1.54) is 0 Å². The SMILES string of the molecule is C[C@H](NC(=O)c1c(N)ncn2ccnc12)C1=[N+](c2ccccc2)c2c(C#Cc3cnn(C)c3)cccc2C1. The first-order chi connectivity index (χ1) is 18.5. The summed E-state index contributed by atoms with van der Waals surface area (Å²) in [5.41, 5.74) is 12.8. The molecule has 1 amide bonds. The average Bonchev–Trinajstić information content (AvgIpc) is 3.66. The van der Waals surface area contributed by atoms with Gasteiger partial charge >= 0.3 is 0 Å². The topological polar surface area (TPSA) is 106 Å². The Morgan fingerprint density at radius 2 is 1.97 bits per heavy atom. The van der Waals surface area contributed by atoms with Crippen LogP contribution in [0.25, 0.3) is 5.65 Å². The maximum Gasteiger partial charge on any atom is 0.259 e. The molecule has 0 spiro atoms. The second-order valence-electron chi connectivity index (χ2n) is 9.16. The van der Waals surface area contributed by atoms with Crippen LogP contribution in [0.1, 0.15) is 34.0 Å². The summed E-state index contributed by atoms with van der Waals surface area (Å²) in [6.45, 7) is 1.98. The van der Waals surface area contributed by atoms with Crippen LogP contribution in [-0.4, -0.2) is 41.8 Å². The number of carbonyl (C=O) groups is 1. The van der Waals surface area contributed by atoms with Crippen molar-refractivity contribution in [3.05, 3.63) is 102 Å². The maximum absolute atomic E-state index is 13.4. The van der Waals surface area contributed by atoms with Crippen LogP contribution in [0.2, 0.25) is 0 Å². The summed E-state index contributed by atoms with van der Waals surface area (Å²) in [7, 11) is 1.87. The van der Waals surface area contributed by atoms with Gasteiger partial charge in [0.1, 0.15) is 23.8 Å². The van der Waals surface area contributed by atoms with Crippen LogP contribution in [0.4, 0.5) is 17.2 Å². The smallest absolute Gasteiger partial charge is 0.259 e. The standard InChI is InChI=1S/C29H24N8O/c1-19(34-29(38)25-27(30)32-18-36-14-13-31-28(25)36)24-15-22-8-6-7-21(12-11-20-16-33-35(2)17-20)26(22)37(24)23-9-4-3-5-10-23/h3-10,13-14,16-19H,15H2,1-2H3,(H2-,30,31,34,38)/p+1/t19-/m0/s1. The van der Waals surface area contributed by atoms with Crippen LogP contribution in [0.5, 0.6) is 0 Å². The van der Waals surface area contributed by atoms with Crippen molar-refractivity contribution in [1.29, 1.82) is 0 Å². The van der Waals surface area contributed by atoms with E-state index in [2.05, 4.69) is 55.0 Å². The molecule has 0 saturated carbocycles. The van der Waals surface area contributed by atoms with Crippen molar-refractivity contribution >= 4 is 34.5 Å². The van der Waals surface area contributed by atoms with E-state index in [4.69, 9.17) is 5.73 Å². The van der Waals surface area contributed by atoms with E-state index >= 15 is 0 Å². The minimum Gasteiger partial charge on any atom is -0.383 e. The molecule has 0 saturated heterocycles. The number of nitrogen functional groups attached to an aromatic ring is 1. The second-order valence-corrected chi connectivity index (χ2v) is 9.16. The number of benzene rings is 2. The van der Waals surface area contributed by atoms with Gasteiger partial charge in [-0.25, -0.2) is 9.97 Å². The number of aromatic nitrogens is 5. The Hall–Kier alpha value is -5.23. The fourth-order valence-electron chi connectivity index (χ4n) is 4.83. The zero-order valence-electron chi connectivity index (χ0n) is 21.0. The highest BCUT2D eigenvalue weighted by Gasteiger charge is 2.37. The first-order valence-corrected chi connectivity index (χ1v) is 12.2. The molecule has 3 N–H and O–H groups in total. The molecule has 186 valence electrons. The maximum atomic E-state index is 13.4. The van der Waals surface area contributed by atoms with Crippen LogP contribution >= 0.6 is 0 Å². The molecular formula is C29H25N8O+. The molecule has 9 nitrogen and oxygen atoms in total. The Labute approximate surface area is 219 Å². The van der Waals surface area contributed by atoms with Crippen LogP contribution in [0, 0.1) is 11.8 Å². The minimum absolute atomic E-state index is 0.140. The van der Waals surface area contributed by atoms with Crippen molar-refractivity contribution in [1.82, 2.24) is 34.0 Å². The summed E-state index contributed by atoms with van der Waals surface area (Å²) >= 11 is 0. The monoisotopic (exact) mass is 501 g/mol. The third-order valence-corrected chi connectivity index (χ3v) is 6.61. The van der Waals surface area contributed by atoms with Gasteiger partial charge in [0.15, 0.2) is 11.4 Å². The summed E-state index contributed by atoms with van der Waals surface area (Å²) in [5, 5.41) is 7.35. The van der Waals surface area contributed by atoms with Gasteiger partial charge in [-0.05, 0) is 13.0 Å². The summed E-state index contributed by atoms with van der Waals surface area (Å²) in [5.74, 6) is 6.39. The van der Waals surface area contributed by atoms with E-state index in [1.54, 1.807) is 34.0 Å². The number of carbonyl (C=O) groups excluding carboxylic acids is 1. The minimum atomic E-state index is -0.327. The van der Waals surface area contributed by atoms with Gasteiger partial charge in [0, 0.05) is 43.3 Å². The van der Waals surface area contributed by atoms with Gasteiger partial charge in [-0.3, -0.25) is 13.9 Å². The van der Waals surface area contributed by atoms with Crippen molar-refractivity contribution in [3.8, 4) is 11.8 Å². The lowest BCUT2D eigenvalue weighted by atomic mass is 10.0. The zero-order chi connectivity index (χ0) is 26.2. The van der Waals surface area contributed by atoms with Gasteiger partial charge in [-0.2, -0.15) is 9.67 Å². The van der Waals surface area contributed by atoms with Crippen LogP contribution in [0.3, 0.4) is 0 Å². The molecule has 3 aromatic heterocycles. The van der Waals surface area contributed by atoms with E-state index in [0.29, 0.717) is 12.1 Å². The lowest BCUT2D eigenvalue weighted by Crippen LogP contribution is -2.42. The number of hydrogen-bond acceptors (Lipinski definition) is 5. The highest BCUT2D eigenvalue weighted by atomic mass is 16.1.